The van der Waals surface area contributed by atoms with Gasteiger partial charge in [0.1, 0.15) is 13.1 Å². The molecule has 2 aromatic carbocycles. The largest absolute Gasteiger partial charge is 0.493 e. The number of benzene rings is 2. The van der Waals surface area contributed by atoms with E-state index in [9.17, 15) is 0 Å². The van der Waals surface area contributed by atoms with Crippen LogP contribution in [0.25, 0.3) is 0 Å². The van der Waals surface area contributed by atoms with Crippen molar-refractivity contribution < 1.29 is 28.6 Å². The Morgan fingerprint density at radius 1 is 0.724 bits per heavy atom. The van der Waals surface area contributed by atoms with Crippen LogP contribution >= 0.6 is 0 Å². The number of hydrogen-bond donors (Lipinski definition) is 1. The summed E-state index contributed by atoms with van der Waals surface area (Å²) in [5, 5.41) is 0. The zero-order valence-corrected chi connectivity index (χ0v) is 18.5. The second-order valence-corrected chi connectivity index (χ2v) is 8.03. The van der Waals surface area contributed by atoms with Gasteiger partial charge in [0.25, 0.3) is 0 Å². The molecule has 1 N–H and O–H groups in total. The van der Waals surface area contributed by atoms with Crippen molar-refractivity contribution in [2.45, 2.75) is 38.9 Å². The van der Waals surface area contributed by atoms with E-state index in [0.29, 0.717) is 17.2 Å². The summed E-state index contributed by atoms with van der Waals surface area (Å²) < 4.78 is 27.5. The Morgan fingerprint density at radius 2 is 1.24 bits per heavy atom. The van der Waals surface area contributed by atoms with E-state index in [1.807, 2.05) is 12.1 Å². The monoisotopic (exact) mass is 402 g/mol. The number of fused-ring (bicyclic) bond motifs is 1. The summed E-state index contributed by atoms with van der Waals surface area (Å²) in [4.78, 5) is 1.46. The average Bonchev–Trinajstić information content (AvgIpc) is 2.72. The molecule has 1 aliphatic heterocycles. The lowest BCUT2D eigenvalue weighted by molar-refractivity contribution is -0.977. The first-order valence-corrected chi connectivity index (χ1v) is 9.74. The molecule has 0 amide bonds. The summed E-state index contributed by atoms with van der Waals surface area (Å²) in [5.74, 6) is 3.55. The van der Waals surface area contributed by atoms with Crippen molar-refractivity contribution in [2.24, 2.45) is 0 Å². The van der Waals surface area contributed by atoms with Gasteiger partial charge in [-0.05, 0) is 43.7 Å². The second kappa shape index (κ2) is 8.41. The van der Waals surface area contributed by atoms with Crippen molar-refractivity contribution in [1.29, 1.82) is 0 Å². The Morgan fingerprint density at radius 3 is 1.72 bits per heavy atom. The van der Waals surface area contributed by atoms with Gasteiger partial charge in [-0.25, -0.2) is 0 Å². The Labute approximate surface area is 173 Å². The van der Waals surface area contributed by atoms with Crippen LogP contribution < -0.4 is 28.6 Å². The molecule has 0 spiro atoms. The van der Waals surface area contributed by atoms with Crippen molar-refractivity contribution in [3.63, 3.8) is 0 Å². The van der Waals surface area contributed by atoms with Gasteiger partial charge in [-0.15, -0.1) is 0 Å². The molecule has 0 aromatic heterocycles. The molecule has 1 unspecified atom stereocenters. The van der Waals surface area contributed by atoms with Crippen molar-refractivity contribution in [1.82, 2.24) is 0 Å². The zero-order chi connectivity index (χ0) is 21.2. The number of rotatable bonds is 7. The van der Waals surface area contributed by atoms with E-state index in [1.54, 1.807) is 35.5 Å². The number of nitrogens with one attached hydrogen (secondary N) is 1. The minimum absolute atomic E-state index is 0.0625. The molecule has 1 atom stereocenters. The fourth-order valence-electron chi connectivity index (χ4n) is 4.15. The molecule has 6 nitrogen and oxygen atoms in total. The first kappa shape index (κ1) is 21.1. The molecule has 0 radical (unpaired) electrons. The van der Waals surface area contributed by atoms with Crippen molar-refractivity contribution >= 4 is 0 Å². The van der Waals surface area contributed by atoms with E-state index in [0.717, 1.165) is 36.6 Å². The zero-order valence-electron chi connectivity index (χ0n) is 18.5. The average molecular weight is 403 g/mol. The fourth-order valence-corrected chi connectivity index (χ4v) is 4.15. The molecule has 6 heteroatoms. The van der Waals surface area contributed by atoms with Crippen LogP contribution in [-0.4, -0.2) is 41.1 Å². The molecule has 2 aromatic rings. The van der Waals surface area contributed by atoms with E-state index in [2.05, 4.69) is 26.0 Å². The van der Waals surface area contributed by atoms with Crippen molar-refractivity contribution in [2.75, 3.05) is 35.5 Å². The lowest BCUT2D eigenvalue weighted by Gasteiger charge is -2.40. The number of ether oxygens (including phenoxy) is 5. The number of hydrogen-bond acceptors (Lipinski definition) is 5. The summed E-state index contributed by atoms with van der Waals surface area (Å²) in [5.41, 5.74) is 3.82. The predicted molar refractivity (Wildman–Crippen MR) is 112 cm³/mol. The lowest BCUT2D eigenvalue weighted by Crippen LogP contribution is -3.18. The Hall–Kier alpha value is -2.60. The van der Waals surface area contributed by atoms with E-state index >= 15 is 0 Å². The molecule has 3 rings (SSSR count). The van der Waals surface area contributed by atoms with Gasteiger partial charge in [0.2, 0.25) is 5.75 Å². The van der Waals surface area contributed by atoms with Crippen LogP contribution in [-0.2, 0) is 19.5 Å². The van der Waals surface area contributed by atoms with Gasteiger partial charge >= 0.3 is 0 Å². The standard InChI is InChI=1S/C23H31NO5/c1-23(2)12-16-10-18(25-3)19(26-4)11-17(16)14-24(23)13-15-8-20(27-5)22(29-7)21(9-15)28-6/h8-11H,12-14H2,1-7H3/p+1. The molecule has 0 saturated heterocycles. The summed E-state index contributed by atoms with van der Waals surface area (Å²) in [7, 11) is 8.28. The van der Waals surface area contributed by atoms with Crippen LogP contribution in [0.15, 0.2) is 24.3 Å². The summed E-state index contributed by atoms with van der Waals surface area (Å²) in [6.07, 6.45) is 0.961. The van der Waals surface area contributed by atoms with Crippen LogP contribution in [0.5, 0.6) is 28.7 Å². The Kier molecular flexibility index (Phi) is 6.13. The minimum atomic E-state index is 0.0625. The quantitative estimate of drug-likeness (QED) is 0.772. The molecular formula is C23H32NO5+. The van der Waals surface area contributed by atoms with Crippen LogP contribution in [0.2, 0.25) is 0 Å². The topological polar surface area (TPSA) is 50.6 Å². The summed E-state index contributed by atoms with van der Waals surface area (Å²) in [6, 6.07) is 8.30. The molecule has 29 heavy (non-hydrogen) atoms. The maximum Gasteiger partial charge on any atom is 0.203 e. The van der Waals surface area contributed by atoms with E-state index in [4.69, 9.17) is 23.7 Å². The van der Waals surface area contributed by atoms with Gasteiger partial charge in [-0.2, -0.15) is 0 Å². The lowest BCUT2D eigenvalue weighted by atomic mass is 9.85. The van der Waals surface area contributed by atoms with Crippen molar-refractivity contribution in [3.05, 3.63) is 41.0 Å². The Balaban J connectivity index is 1.94. The maximum absolute atomic E-state index is 5.53. The van der Waals surface area contributed by atoms with Crippen molar-refractivity contribution in [3.8, 4) is 28.7 Å². The first-order chi connectivity index (χ1) is 13.9. The molecule has 0 fully saturated rings. The second-order valence-electron chi connectivity index (χ2n) is 8.03. The van der Waals surface area contributed by atoms with Crippen LogP contribution in [0.1, 0.15) is 30.5 Å². The summed E-state index contributed by atoms with van der Waals surface area (Å²) >= 11 is 0. The third kappa shape index (κ3) is 4.08. The first-order valence-electron chi connectivity index (χ1n) is 9.74. The Bertz CT molecular complexity index is 853. The molecule has 158 valence electrons. The van der Waals surface area contributed by atoms with Crippen LogP contribution in [0, 0.1) is 0 Å². The van der Waals surface area contributed by atoms with Gasteiger partial charge in [0.15, 0.2) is 23.0 Å². The molecule has 0 saturated carbocycles. The molecular weight excluding hydrogens is 370 g/mol. The third-order valence-corrected chi connectivity index (χ3v) is 5.84. The predicted octanol–water partition coefficient (Wildman–Crippen LogP) is 2.65. The minimum Gasteiger partial charge on any atom is -0.493 e. The number of quaternary nitrogens is 1. The van der Waals surface area contributed by atoms with Gasteiger partial charge in [0, 0.05) is 17.5 Å². The highest BCUT2D eigenvalue weighted by Crippen LogP contribution is 2.38. The molecule has 1 heterocycles. The van der Waals surface area contributed by atoms with Gasteiger partial charge in [0.05, 0.1) is 41.1 Å². The summed E-state index contributed by atoms with van der Waals surface area (Å²) in [6.45, 7) is 6.36. The molecule has 0 bridgehead atoms. The van der Waals surface area contributed by atoms with Gasteiger partial charge < -0.3 is 28.6 Å². The number of methoxy groups -OCH3 is 5. The molecule has 0 aliphatic carbocycles. The van der Waals surface area contributed by atoms with E-state index < -0.39 is 0 Å². The molecule has 1 aliphatic rings. The highest BCUT2D eigenvalue weighted by Gasteiger charge is 2.37. The van der Waals surface area contributed by atoms with Gasteiger partial charge in [-0.1, -0.05) is 0 Å². The van der Waals surface area contributed by atoms with E-state index in [-0.39, 0.29) is 5.54 Å². The smallest absolute Gasteiger partial charge is 0.203 e. The third-order valence-electron chi connectivity index (χ3n) is 5.84. The fraction of sp³-hybridized carbons (Fsp3) is 0.478. The normalized spacial score (nSPS) is 17.3. The van der Waals surface area contributed by atoms with Gasteiger partial charge in [-0.3, -0.25) is 0 Å². The maximum atomic E-state index is 5.53. The highest BCUT2D eigenvalue weighted by atomic mass is 16.5. The van der Waals surface area contributed by atoms with Crippen LogP contribution in [0.4, 0.5) is 0 Å². The highest BCUT2D eigenvalue weighted by molar-refractivity contribution is 5.53. The van der Waals surface area contributed by atoms with E-state index in [1.165, 1.54) is 16.0 Å². The van der Waals surface area contributed by atoms with Crippen LogP contribution in [0.3, 0.4) is 0 Å². The SMILES string of the molecule is COc1cc2c(cc1OC)CC(C)(C)[NH+](Cc1cc(OC)c(OC)c(OC)c1)C2.